The van der Waals surface area contributed by atoms with E-state index in [1.165, 1.54) is 0 Å². The fraction of sp³-hybridized carbons (Fsp3) is 0.407. The van der Waals surface area contributed by atoms with Gasteiger partial charge < -0.3 is 14.1 Å². The highest BCUT2D eigenvalue weighted by molar-refractivity contribution is 6.31. The number of fused-ring (bicyclic) bond motifs is 1. The number of imidazole rings is 1. The molecule has 39 heavy (non-hydrogen) atoms. The van der Waals surface area contributed by atoms with Gasteiger partial charge in [0.25, 0.3) is 5.89 Å². The Morgan fingerprint density at radius 2 is 1.79 bits per heavy atom. The maximum absolute atomic E-state index is 13.7. The van der Waals surface area contributed by atoms with Gasteiger partial charge in [0.05, 0.1) is 17.6 Å². The number of hydrogen-bond donors (Lipinski definition) is 0. The van der Waals surface area contributed by atoms with Crippen LogP contribution in [0.2, 0.25) is 5.02 Å². The molecule has 2 aromatic heterocycles. The SMILES string of the molecule is CC(C)(C)OC(=O)N1CCC(n2c(=O)n(Cc3ccc(-c4nnc(C(F)F)o4)cc3)c3ccc(Cl)cc32)CC1. The molecular formula is C27H28ClF2N5O4. The second-order valence-electron chi connectivity index (χ2n) is 10.5. The van der Waals surface area contributed by atoms with E-state index in [9.17, 15) is 18.4 Å². The molecule has 9 nitrogen and oxygen atoms in total. The molecule has 5 rings (SSSR count). The van der Waals surface area contributed by atoms with E-state index in [-0.39, 0.29) is 30.3 Å². The number of ether oxygens (including phenoxy) is 1. The smallest absolute Gasteiger partial charge is 0.410 e. The molecule has 1 amide bonds. The Morgan fingerprint density at radius 3 is 2.41 bits per heavy atom. The molecule has 206 valence electrons. The second-order valence-corrected chi connectivity index (χ2v) is 10.9. The van der Waals surface area contributed by atoms with E-state index in [0.717, 1.165) is 16.6 Å². The fourth-order valence-electron chi connectivity index (χ4n) is 4.77. The molecule has 0 aliphatic carbocycles. The van der Waals surface area contributed by atoms with Crippen molar-refractivity contribution < 1.29 is 22.7 Å². The van der Waals surface area contributed by atoms with Gasteiger partial charge in [0, 0.05) is 29.7 Å². The normalized spacial score (nSPS) is 14.9. The summed E-state index contributed by atoms with van der Waals surface area (Å²) in [4.78, 5) is 27.9. The van der Waals surface area contributed by atoms with E-state index in [1.807, 2.05) is 26.8 Å². The van der Waals surface area contributed by atoms with Crippen molar-refractivity contribution in [2.24, 2.45) is 0 Å². The zero-order valence-corrected chi connectivity index (χ0v) is 22.5. The van der Waals surface area contributed by atoms with Gasteiger partial charge in [-0.15, -0.1) is 10.2 Å². The molecule has 2 aromatic carbocycles. The van der Waals surface area contributed by atoms with E-state index < -0.39 is 17.9 Å². The van der Waals surface area contributed by atoms with Crippen LogP contribution in [0.15, 0.2) is 51.7 Å². The maximum Gasteiger partial charge on any atom is 0.410 e. The molecule has 1 fully saturated rings. The predicted octanol–water partition coefficient (Wildman–Crippen LogP) is 6.06. The number of carbonyl (C=O) groups is 1. The minimum Gasteiger partial charge on any atom is -0.444 e. The number of halogens is 3. The Labute approximate surface area is 227 Å². The Morgan fingerprint density at radius 1 is 1.10 bits per heavy atom. The Kier molecular flexibility index (Phi) is 7.19. The van der Waals surface area contributed by atoms with Crippen LogP contribution in [0.3, 0.4) is 0 Å². The summed E-state index contributed by atoms with van der Waals surface area (Å²) < 4.78 is 39.5. The average molecular weight is 560 g/mol. The Bertz CT molecular complexity index is 1550. The molecule has 1 aliphatic rings. The van der Waals surface area contributed by atoms with Crippen LogP contribution in [0, 0.1) is 0 Å². The second kappa shape index (κ2) is 10.4. The van der Waals surface area contributed by atoms with Crippen LogP contribution in [0.4, 0.5) is 13.6 Å². The molecule has 0 atom stereocenters. The van der Waals surface area contributed by atoms with Gasteiger partial charge in [-0.25, -0.2) is 9.59 Å². The number of hydrogen-bond acceptors (Lipinski definition) is 6. The third-order valence-corrected chi connectivity index (χ3v) is 6.81. The van der Waals surface area contributed by atoms with Crippen LogP contribution < -0.4 is 5.69 Å². The number of rotatable bonds is 5. The van der Waals surface area contributed by atoms with E-state index in [2.05, 4.69) is 10.2 Å². The van der Waals surface area contributed by atoms with Gasteiger partial charge in [-0.2, -0.15) is 8.78 Å². The summed E-state index contributed by atoms with van der Waals surface area (Å²) in [6.07, 6.45) is -1.99. The topological polar surface area (TPSA) is 95.4 Å². The van der Waals surface area contributed by atoms with E-state index in [0.29, 0.717) is 36.5 Å². The molecule has 1 aliphatic heterocycles. The first kappa shape index (κ1) is 26.9. The van der Waals surface area contributed by atoms with Crippen LogP contribution in [0.1, 0.15) is 57.5 Å². The van der Waals surface area contributed by atoms with E-state index >= 15 is 0 Å². The quantitative estimate of drug-likeness (QED) is 0.295. The van der Waals surface area contributed by atoms with Gasteiger partial charge in [0.2, 0.25) is 5.89 Å². The summed E-state index contributed by atoms with van der Waals surface area (Å²) in [7, 11) is 0. The van der Waals surface area contributed by atoms with Crippen molar-refractivity contribution in [1.82, 2.24) is 24.2 Å². The van der Waals surface area contributed by atoms with Crippen LogP contribution in [-0.2, 0) is 11.3 Å². The minimum atomic E-state index is -2.84. The molecule has 0 bridgehead atoms. The highest BCUT2D eigenvalue weighted by atomic mass is 35.5. The molecule has 0 saturated carbocycles. The minimum absolute atomic E-state index is 0.00187. The third-order valence-electron chi connectivity index (χ3n) is 6.57. The lowest BCUT2D eigenvalue weighted by Gasteiger charge is -2.33. The number of likely N-dealkylation sites (tertiary alicyclic amines) is 1. The summed E-state index contributed by atoms with van der Waals surface area (Å²) in [6.45, 7) is 6.73. The summed E-state index contributed by atoms with van der Waals surface area (Å²) in [5, 5.41) is 7.55. The van der Waals surface area contributed by atoms with Gasteiger partial charge >= 0.3 is 18.2 Å². The number of alkyl halides is 2. The highest BCUT2D eigenvalue weighted by Crippen LogP contribution is 2.29. The lowest BCUT2D eigenvalue weighted by molar-refractivity contribution is 0.0188. The maximum atomic E-state index is 13.7. The van der Waals surface area contributed by atoms with E-state index in [1.54, 1.807) is 50.4 Å². The molecule has 1 saturated heterocycles. The number of aromatic nitrogens is 4. The van der Waals surface area contributed by atoms with Crippen molar-refractivity contribution in [1.29, 1.82) is 0 Å². The Hall–Kier alpha value is -3.73. The molecule has 0 spiro atoms. The monoisotopic (exact) mass is 559 g/mol. The first-order chi connectivity index (χ1) is 18.5. The summed E-state index contributed by atoms with van der Waals surface area (Å²) in [6, 6.07) is 12.2. The first-order valence-electron chi connectivity index (χ1n) is 12.6. The number of nitrogens with zero attached hydrogens (tertiary/aromatic N) is 5. The molecule has 12 heteroatoms. The van der Waals surface area contributed by atoms with Crippen LogP contribution in [-0.4, -0.2) is 49.0 Å². The van der Waals surface area contributed by atoms with Gasteiger partial charge in [0.15, 0.2) is 0 Å². The molecule has 0 N–H and O–H groups in total. The van der Waals surface area contributed by atoms with Crippen molar-refractivity contribution in [2.75, 3.05) is 13.1 Å². The number of piperidine rings is 1. The highest BCUT2D eigenvalue weighted by Gasteiger charge is 2.30. The lowest BCUT2D eigenvalue weighted by Crippen LogP contribution is -2.43. The third kappa shape index (κ3) is 5.68. The van der Waals surface area contributed by atoms with Crippen molar-refractivity contribution >= 4 is 28.7 Å². The standard InChI is InChI=1S/C27H28ClF2N5O4/c1-27(2,3)39-26(37)33-12-10-19(11-13-33)35-21-14-18(28)8-9-20(21)34(25(35)36)15-16-4-6-17(7-5-16)23-31-32-24(38-23)22(29)30/h4-9,14,19,22H,10-13,15H2,1-3H3. The summed E-state index contributed by atoms with van der Waals surface area (Å²) in [5.41, 5.74) is 2.03. The summed E-state index contributed by atoms with van der Waals surface area (Å²) >= 11 is 6.31. The predicted molar refractivity (Wildman–Crippen MR) is 141 cm³/mol. The molecule has 4 aromatic rings. The van der Waals surface area contributed by atoms with Gasteiger partial charge in [0.1, 0.15) is 5.60 Å². The van der Waals surface area contributed by atoms with Crippen LogP contribution in [0.25, 0.3) is 22.5 Å². The zero-order chi connectivity index (χ0) is 27.9. The van der Waals surface area contributed by atoms with E-state index in [4.69, 9.17) is 20.8 Å². The zero-order valence-electron chi connectivity index (χ0n) is 21.7. The lowest BCUT2D eigenvalue weighted by atomic mass is 10.0. The first-order valence-corrected chi connectivity index (χ1v) is 13.0. The van der Waals surface area contributed by atoms with Crippen LogP contribution >= 0.6 is 11.6 Å². The van der Waals surface area contributed by atoms with Crippen molar-refractivity contribution in [3.63, 3.8) is 0 Å². The number of benzene rings is 2. The number of carbonyl (C=O) groups excluding carboxylic acids is 1. The summed E-state index contributed by atoms with van der Waals surface area (Å²) in [5.74, 6) is -0.734. The van der Waals surface area contributed by atoms with Gasteiger partial charge in [-0.1, -0.05) is 23.7 Å². The average Bonchev–Trinajstić information content (AvgIpc) is 3.47. The fourth-order valence-corrected chi connectivity index (χ4v) is 4.93. The van der Waals surface area contributed by atoms with Crippen molar-refractivity contribution in [2.45, 2.75) is 58.2 Å². The van der Waals surface area contributed by atoms with Gasteiger partial charge in [-0.05, 0) is 69.5 Å². The molecule has 3 heterocycles. The molecular weight excluding hydrogens is 532 g/mol. The molecule has 0 radical (unpaired) electrons. The Balaban J connectivity index is 1.39. The largest absolute Gasteiger partial charge is 0.444 e. The van der Waals surface area contributed by atoms with Crippen LogP contribution in [0.5, 0.6) is 0 Å². The van der Waals surface area contributed by atoms with Crippen molar-refractivity contribution in [3.05, 3.63) is 69.4 Å². The number of amides is 1. The van der Waals surface area contributed by atoms with Gasteiger partial charge in [-0.3, -0.25) is 9.13 Å². The van der Waals surface area contributed by atoms with Crippen molar-refractivity contribution in [3.8, 4) is 11.5 Å². The molecule has 0 unspecified atom stereocenters.